The number of halogens is 5. The number of methoxy groups -OCH3 is 1. The first-order chi connectivity index (χ1) is 15.1. The smallest absolute Gasteiger partial charge is 0.416 e. The van der Waals surface area contributed by atoms with Crippen LogP contribution in [0, 0.1) is 11.6 Å². The van der Waals surface area contributed by atoms with Gasteiger partial charge in [-0.25, -0.2) is 8.78 Å². The predicted octanol–water partition coefficient (Wildman–Crippen LogP) is 5.40. The molecule has 3 aromatic rings. The maximum atomic E-state index is 14.0. The largest absolute Gasteiger partial charge is 0.496 e. The van der Waals surface area contributed by atoms with Gasteiger partial charge in [0.25, 0.3) is 5.91 Å². The highest BCUT2D eigenvalue weighted by molar-refractivity contribution is 5.94. The molecule has 4 nitrogen and oxygen atoms in total. The van der Waals surface area contributed by atoms with E-state index in [1.165, 1.54) is 19.2 Å². The van der Waals surface area contributed by atoms with Crippen molar-refractivity contribution in [3.8, 4) is 16.9 Å². The molecule has 9 heteroatoms. The number of carbonyl (C=O) groups is 2. The van der Waals surface area contributed by atoms with Crippen LogP contribution in [0.4, 0.5) is 22.0 Å². The van der Waals surface area contributed by atoms with E-state index in [1.807, 2.05) is 0 Å². The summed E-state index contributed by atoms with van der Waals surface area (Å²) in [5.41, 5.74) is -0.222. The van der Waals surface area contributed by atoms with Crippen LogP contribution in [0.15, 0.2) is 54.6 Å². The standard InChI is InChI=1S/C23H16F5NO3/c1-32-21-5-2-14(15-6-13(12-30)7-18(24)9-15)8-16(21)11-29-22(31)19-4-3-17(10-20(19)25)23(26,27)28/h2-10,12H,11H2,1H3,(H,29,31). The van der Waals surface area contributed by atoms with Crippen molar-refractivity contribution < 1.29 is 36.3 Å². The summed E-state index contributed by atoms with van der Waals surface area (Å²) in [6.07, 6.45) is -4.22. The second kappa shape index (κ2) is 9.17. The molecule has 32 heavy (non-hydrogen) atoms. The van der Waals surface area contributed by atoms with Crippen molar-refractivity contribution in [3.05, 3.63) is 88.5 Å². The van der Waals surface area contributed by atoms with E-state index >= 15 is 0 Å². The van der Waals surface area contributed by atoms with Gasteiger partial charge in [0, 0.05) is 17.7 Å². The van der Waals surface area contributed by atoms with Gasteiger partial charge in [0.15, 0.2) is 0 Å². The Morgan fingerprint density at radius 1 is 1.00 bits per heavy atom. The lowest BCUT2D eigenvalue weighted by molar-refractivity contribution is -0.137. The number of hydrogen-bond acceptors (Lipinski definition) is 3. The van der Waals surface area contributed by atoms with Gasteiger partial charge in [-0.3, -0.25) is 9.59 Å². The normalized spacial score (nSPS) is 11.2. The van der Waals surface area contributed by atoms with E-state index in [1.54, 1.807) is 18.2 Å². The van der Waals surface area contributed by atoms with Crippen LogP contribution in [-0.4, -0.2) is 19.3 Å². The topological polar surface area (TPSA) is 55.4 Å². The van der Waals surface area contributed by atoms with Crippen molar-refractivity contribution in [2.75, 3.05) is 7.11 Å². The third-order valence-corrected chi connectivity index (χ3v) is 4.65. The van der Waals surface area contributed by atoms with Crippen LogP contribution in [0.3, 0.4) is 0 Å². The second-order valence-electron chi connectivity index (χ2n) is 6.79. The highest BCUT2D eigenvalue weighted by Crippen LogP contribution is 2.31. The summed E-state index contributed by atoms with van der Waals surface area (Å²) in [4.78, 5) is 23.3. The van der Waals surface area contributed by atoms with Crippen molar-refractivity contribution in [3.63, 3.8) is 0 Å². The first kappa shape index (κ1) is 22.9. The van der Waals surface area contributed by atoms with Gasteiger partial charge in [0.2, 0.25) is 0 Å². The van der Waals surface area contributed by atoms with E-state index in [4.69, 9.17) is 4.74 Å². The number of carbonyl (C=O) groups excluding carboxylic acids is 2. The summed E-state index contributed by atoms with van der Waals surface area (Å²) in [7, 11) is 1.39. The van der Waals surface area contributed by atoms with Crippen molar-refractivity contribution in [2.24, 2.45) is 0 Å². The fraction of sp³-hybridized carbons (Fsp3) is 0.130. The lowest BCUT2D eigenvalue weighted by atomic mass is 10.0. The van der Waals surface area contributed by atoms with Crippen LogP contribution < -0.4 is 10.1 Å². The molecule has 0 fully saturated rings. The monoisotopic (exact) mass is 449 g/mol. The summed E-state index contributed by atoms with van der Waals surface area (Å²) in [5, 5.41) is 2.43. The van der Waals surface area contributed by atoms with Crippen LogP contribution in [-0.2, 0) is 12.7 Å². The van der Waals surface area contributed by atoms with Gasteiger partial charge in [-0.2, -0.15) is 13.2 Å². The number of ether oxygens (including phenoxy) is 1. The molecule has 0 aliphatic carbocycles. The molecular formula is C23H16F5NO3. The maximum Gasteiger partial charge on any atom is 0.416 e. The Hall–Kier alpha value is -3.75. The van der Waals surface area contributed by atoms with E-state index in [0.29, 0.717) is 34.8 Å². The summed E-state index contributed by atoms with van der Waals surface area (Å²) < 4.78 is 71.1. The van der Waals surface area contributed by atoms with Crippen LogP contribution >= 0.6 is 0 Å². The third kappa shape index (κ3) is 5.11. The van der Waals surface area contributed by atoms with Gasteiger partial charge < -0.3 is 10.1 Å². The lowest BCUT2D eigenvalue weighted by Gasteiger charge is -2.13. The van der Waals surface area contributed by atoms with Gasteiger partial charge in [-0.05, 0) is 59.7 Å². The Kier molecular flexibility index (Phi) is 6.57. The summed E-state index contributed by atoms with van der Waals surface area (Å²) in [5.74, 6) is -2.46. The molecule has 0 atom stereocenters. The molecule has 3 rings (SSSR count). The SMILES string of the molecule is COc1ccc(-c2cc(F)cc(C=O)c2)cc1CNC(=O)c1ccc(C(F)(F)F)cc1F. The molecule has 0 bridgehead atoms. The van der Waals surface area contributed by atoms with Crippen molar-refractivity contribution >= 4 is 12.2 Å². The molecule has 1 amide bonds. The molecule has 0 aromatic heterocycles. The van der Waals surface area contributed by atoms with Crippen LogP contribution in [0.5, 0.6) is 5.75 Å². The van der Waals surface area contributed by atoms with E-state index in [-0.39, 0.29) is 18.2 Å². The number of hydrogen-bond donors (Lipinski definition) is 1. The number of benzene rings is 3. The Morgan fingerprint density at radius 2 is 1.75 bits per heavy atom. The van der Waals surface area contributed by atoms with Crippen LogP contribution in [0.2, 0.25) is 0 Å². The second-order valence-corrected chi connectivity index (χ2v) is 6.79. The summed E-state index contributed by atoms with van der Waals surface area (Å²) >= 11 is 0. The quantitative estimate of drug-likeness (QED) is 0.405. The zero-order valence-electron chi connectivity index (χ0n) is 16.6. The molecule has 0 unspecified atom stereocenters. The third-order valence-electron chi connectivity index (χ3n) is 4.65. The molecule has 0 saturated heterocycles. The first-order valence-corrected chi connectivity index (χ1v) is 9.20. The minimum atomic E-state index is -4.73. The highest BCUT2D eigenvalue weighted by Gasteiger charge is 2.31. The average molecular weight is 449 g/mol. The summed E-state index contributed by atoms with van der Waals surface area (Å²) in [6, 6.07) is 10.2. The minimum absolute atomic E-state index is 0.142. The number of amides is 1. The molecular weight excluding hydrogens is 433 g/mol. The van der Waals surface area contributed by atoms with Gasteiger partial charge in [0.05, 0.1) is 18.2 Å². The van der Waals surface area contributed by atoms with Gasteiger partial charge in [-0.15, -0.1) is 0 Å². The number of aldehydes is 1. The predicted molar refractivity (Wildman–Crippen MR) is 106 cm³/mol. The van der Waals surface area contributed by atoms with Gasteiger partial charge >= 0.3 is 6.18 Å². The Morgan fingerprint density at radius 3 is 2.38 bits per heavy atom. The van der Waals surface area contributed by atoms with E-state index in [2.05, 4.69) is 5.32 Å². The fourth-order valence-electron chi connectivity index (χ4n) is 3.09. The van der Waals surface area contributed by atoms with Crippen molar-refractivity contribution in [1.82, 2.24) is 5.32 Å². The highest BCUT2D eigenvalue weighted by atomic mass is 19.4. The number of alkyl halides is 3. The van der Waals surface area contributed by atoms with Crippen molar-refractivity contribution in [2.45, 2.75) is 12.7 Å². The van der Waals surface area contributed by atoms with Gasteiger partial charge in [0.1, 0.15) is 23.7 Å². The molecule has 0 radical (unpaired) electrons. The Labute approximate surface area is 179 Å². The average Bonchev–Trinajstić information content (AvgIpc) is 2.76. The molecule has 0 heterocycles. The Bertz CT molecular complexity index is 1170. The Balaban J connectivity index is 1.84. The molecule has 0 aliphatic heterocycles. The molecule has 1 N–H and O–H groups in total. The van der Waals surface area contributed by atoms with Crippen molar-refractivity contribution in [1.29, 1.82) is 0 Å². The number of nitrogens with one attached hydrogen (secondary N) is 1. The lowest BCUT2D eigenvalue weighted by Crippen LogP contribution is -2.24. The van der Waals surface area contributed by atoms with Crippen LogP contribution in [0.1, 0.15) is 31.8 Å². The fourth-order valence-corrected chi connectivity index (χ4v) is 3.09. The minimum Gasteiger partial charge on any atom is -0.496 e. The van der Waals surface area contributed by atoms with E-state index in [0.717, 1.165) is 12.1 Å². The van der Waals surface area contributed by atoms with E-state index < -0.39 is 34.8 Å². The van der Waals surface area contributed by atoms with Gasteiger partial charge in [-0.1, -0.05) is 6.07 Å². The summed E-state index contributed by atoms with van der Waals surface area (Å²) in [6.45, 7) is -0.147. The zero-order valence-corrected chi connectivity index (χ0v) is 16.6. The number of rotatable bonds is 6. The van der Waals surface area contributed by atoms with E-state index in [9.17, 15) is 31.5 Å². The van der Waals surface area contributed by atoms with Crippen LogP contribution in [0.25, 0.3) is 11.1 Å². The molecule has 166 valence electrons. The maximum absolute atomic E-state index is 14.0. The zero-order chi connectivity index (χ0) is 23.5. The molecule has 0 spiro atoms. The molecule has 0 aliphatic rings. The molecule has 0 saturated carbocycles. The molecule has 3 aromatic carbocycles. The first-order valence-electron chi connectivity index (χ1n) is 9.20.